The molecule has 0 N–H and O–H groups in total. The molecule has 154 valence electrons. The second-order valence-corrected chi connectivity index (χ2v) is 7.96. The molecule has 3 heterocycles. The van der Waals surface area contributed by atoms with Crippen molar-refractivity contribution >= 4 is 27.1 Å². The predicted molar refractivity (Wildman–Crippen MR) is 116 cm³/mol. The van der Waals surface area contributed by atoms with Crippen LogP contribution in [0, 0.1) is 6.92 Å². The lowest BCUT2D eigenvalue weighted by molar-refractivity contribution is 0.369. The molecule has 0 aliphatic rings. The number of hydrogen-bond donors (Lipinski definition) is 0. The third-order valence-corrected chi connectivity index (χ3v) is 5.48. The van der Waals surface area contributed by atoms with E-state index in [9.17, 15) is 4.79 Å². The summed E-state index contributed by atoms with van der Waals surface area (Å²) in [6, 6.07) is 15.5. The van der Waals surface area contributed by atoms with Crippen molar-refractivity contribution in [3.8, 4) is 11.4 Å². The molecule has 0 aliphatic carbocycles. The lowest BCUT2D eigenvalue weighted by atomic mass is 10.1. The molecule has 10 heteroatoms. The molecule has 0 spiro atoms. The van der Waals surface area contributed by atoms with Crippen molar-refractivity contribution in [2.24, 2.45) is 0 Å². The summed E-state index contributed by atoms with van der Waals surface area (Å²) in [5.41, 5.74) is 3.36. The summed E-state index contributed by atoms with van der Waals surface area (Å²) in [6.07, 6.45) is 1.45. The maximum absolute atomic E-state index is 12.9. The Morgan fingerprint density at radius 3 is 2.68 bits per heavy atom. The number of aromatic nitrogens is 7. The molecule has 0 aliphatic heterocycles. The molecule has 3 aromatic heterocycles. The second-order valence-electron chi connectivity index (χ2n) is 7.04. The number of benzene rings is 2. The monoisotopic (exact) mass is 477 g/mol. The molecule has 0 amide bonds. The first-order valence-electron chi connectivity index (χ1n) is 9.50. The van der Waals surface area contributed by atoms with Crippen molar-refractivity contribution < 1.29 is 4.52 Å². The Morgan fingerprint density at radius 1 is 1.06 bits per heavy atom. The SMILES string of the molecule is Cc1ccccc1Cn1nnc2c(=O)n(Cc3nc(-c4ccc(Br)cc4)no3)cnc21. The summed E-state index contributed by atoms with van der Waals surface area (Å²) < 4.78 is 9.29. The van der Waals surface area contributed by atoms with E-state index < -0.39 is 0 Å². The van der Waals surface area contributed by atoms with Crippen LogP contribution in [-0.4, -0.2) is 34.7 Å². The Balaban J connectivity index is 1.42. The van der Waals surface area contributed by atoms with Gasteiger partial charge in [-0.1, -0.05) is 50.6 Å². The normalized spacial score (nSPS) is 11.3. The van der Waals surface area contributed by atoms with E-state index in [1.54, 1.807) is 4.68 Å². The minimum Gasteiger partial charge on any atom is -0.337 e. The smallest absolute Gasteiger partial charge is 0.283 e. The van der Waals surface area contributed by atoms with Crippen molar-refractivity contribution in [2.45, 2.75) is 20.0 Å². The van der Waals surface area contributed by atoms with Gasteiger partial charge in [0.1, 0.15) is 12.9 Å². The molecule has 5 rings (SSSR count). The Hall–Kier alpha value is -3.66. The number of hydrogen-bond acceptors (Lipinski definition) is 7. The van der Waals surface area contributed by atoms with Crippen LogP contribution in [0.3, 0.4) is 0 Å². The van der Waals surface area contributed by atoms with Crippen molar-refractivity contribution in [1.29, 1.82) is 0 Å². The summed E-state index contributed by atoms with van der Waals surface area (Å²) >= 11 is 3.40. The molecule has 0 saturated heterocycles. The average molecular weight is 478 g/mol. The Morgan fingerprint density at radius 2 is 1.87 bits per heavy atom. The maximum Gasteiger partial charge on any atom is 0.283 e. The summed E-state index contributed by atoms with van der Waals surface area (Å²) in [5.74, 6) is 0.752. The van der Waals surface area contributed by atoms with Crippen molar-refractivity contribution in [2.75, 3.05) is 0 Å². The van der Waals surface area contributed by atoms with Gasteiger partial charge in [0.25, 0.3) is 5.56 Å². The van der Waals surface area contributed by atoms with Gasteiger partial charge >= 0.3 is 0 Å². The number of halogens is 1. The van der Waals surface area contributed by atoms with Crippen LogP contribution < -0.4 is 5.56 Å². The zero-order chi connectivity index (χ0) is 21.4. The van der Waals surface area contributed by atoms with Gasteiger partial charge in [0, 0.05) is 10.0 Å². The Kier molecular flexibility index (Phi) is 4.91. The first-order valence-corrected chi connectivity index (χ1v) is 10.3. The summed E-state index contributed by atoms with van der Waals surface area (Å²) in [6.45, 7) is 2.61. The van der Waals surface area contributed by atoms with Crippen LogP contribution in [0.2, 0.25) is 0 Å². The van der Waals surface area contributed by atoms with Crippen molar-refractivity contribution in [3.63, 3.8) is 0 Å². The highest BCUT2D eigenvalue weighted by Gasteiger charge is 2.15. The van der Waals surface area contributed by atoms with Gasteiger partial charge in [-0.2, -0.15) is 4.98 Å². The largest absolute Gasteiger partial charge is 0.337 e. The van der Waals surface area contributed by atoms with E-state index in [0.29, 0.717) is 23.9 Å². The molecule has 0 saturated carbocycles. The lowest BCUT2D eigenvalue weighted by Gasteiger charge is -2.06. The fourth-order valence-corrected chi connectivity index (χ4v) is 3.50. The van der Waals surface area contributed by atoms with E-state index in [-0.39, 0.29) is 17.6 Å². The van der Waals surface area contributed by atoms with Gasteiger partial charge in [0.2, 0.25) is 11.7 Å². The van der Waals surface area contributed by atoms with Gasteiger partial charge in [0.15, 0.2) is 11.2 Å². The highest BCUT2D eigenvalue weighted by Crippen LogP contribution is 2.19. The number of aryl methyl sites for hydroxylation is 1. The fourth-order valence-electron chi connectivity index (χ4n) is 3.24. The Bertz CT molecular complexity index is 1440. The minimum atomic E-state index is -0.315. The van der Waals surface area contributed by atoms with Crippen LogP contribution in [0.15, 0.2) is 68.6 Å². The van der Waals surface area contributed by atoms with Crippen LogP contribution in [-0.2, 0) is 13.1 Å². The molecule has 31 heavy (non-hydrogen) atoms. The molecule has 5 aromatic rings. The molecule has 0 atom stereocenters. The van der Waals surface area contributed by atoms with Crippen LogP contribution in [0.1, 0.15) is 17.0 Å². The Labute approximate surface area is 184 Å². The third kappa shape index (κ3) is 3.77. The van der Waals surface area contributed by atoms with Crippen LogP contribution in [0.25, 0.3) is 22.6 Å². The molecule has 2 aromatic carbocycles. The summed E-state index contributed by atoms with van der Waals surface area (Å²) in [7, 11) is 0. The van der Waals surface area contributed by atoms with Gasteiger partial charge in [-0.05, 0) is 42.3 Å². The molecule has 9 nitrogen and oxygen atoms in total. The average Bonchev–Trinajstić information content (AvgIpc) is 3.40. The lowest BCUT2D eigenvalue weighted by Crippen LogP contribution is -2.21. The van der Waals surface area contributed by atoms with E-state index in [0.717, 1.165) is 21.2 Å². The van der Waals surface area contributed by atoms with Crippen molar-refractivity contribution in [3.05, 3.63) is 86.7 Å². The van der Waals surface area contributed by atoms with E-state index in [1.165, 1.54) is 10.9 Å². The van der Waals surface area contributed by atoms with Crippen molar-refractivity contribution in [1.82, 2.24) is 34.7 Å². The zero-order valence-corrected chi connectivity index (χ0v) is 18.0. The minimum absolute atomic E-state index is 0.0932. The van der Waals surface area contributed by atoms with Gasteiger partial charge in [-0.25, -0.2) is 9.67 Å². The van der Waals surface area contributed by atoms with Gasteiger partial charge in [-0.3, -0.25) is 9.36 Å². The summed E-state index contributed by atoms with van der Waals surface area (Å²) in [5, 5.41) is 12.2. The first kappa shape index (κ1) is 19.3. The van der Waals surface area contributed by atoms with E-state index in [2.05, 4.69) is 41.4 Å². The molecular weight excluding hydrogens is 462 g/mol. The number of rotatable bonds is 5. The topological polar surface area (TPSA) is 105 Å². The van der Waals surface area contributed by atoms with Gasteiger partial charge < -0.3 is 4.52 Å². The molecule has 0 radical (unpaired) electrons. The predicted octanol–water partition coefficient (Wildman–Crippen LogP) is 3.21. The first-order chi connectivity index (χ1) is 15.1. The van der Waals surface area contributed by atoms with E-state index in [4.69, 9.17) is 4.52 Å². The number of fused-ring (bicyclic) bond motifs is 1. The van der Waals surface area contributed by atoms with Crippen LogP contribution in [0.4, 0.5) is 0 Å². The van der Waals surface area contributed by atoms with Crippen LogP contribution >= 0.6 is 15.9 Å². The molecule has 0 bridgehead atoms. The third-order valence-electron chi connectivity index (χ3n) is 4.95. The highest BCUT2D eigenvalue weighted by molar-refractivity contribution is 9.10. The zero-order valence-electron chi connectivity index (χ0n) is 16.4. The van der Waals surface area contributed by atoms with Gasteiger partial charge in [0.05, 0.1) is 6.54 Å². The standard InChI is InChI=1S/C21H16BrN7O2/c1-13-4-2-3-5-15(13)10-29-20-18(25-27-29)21(30)28(12-23-20)11-17-24-19(26-31-17)14-6-8-16(22)9-7-14/h2-9,12H,10-11H2,1H3. The van der Waals surface area contributed by atoms with Crippen LogP contribution in [0.5, 0.6) is 0 Å². The van der Waals surface area contributed by atoms with E-state index >= 15 is 0 Å². The molecular formula is C21H16BrN7O2. The van der Waals surface area contributed by atoms with E-state index in [1.807, 2.05) is 55.5 Å². The molecule has 0 fully saturated rings. The summed E-state index contributed by atoms with van der Waals surface area (Å²) in [4.78, 5) is 21.7. The molecule has 0 unspecified atom stereocenters. The van der Waals surface area contributed by atoms with Gasteiger partial charge in [-0.15, -0.1) is 5.10 Å². The quantitative estimate of drug-likeness (QED) is 0.382. The fraction of sp³-hybridized carbons (Fsp3) is 0.143. The number of nitrogens with zero attached hydrogens (tertiary/aromatic N) is 7. The second kappa shape index (κ2) is 7.88. The highest BCUT2D eigenvalue weighted by atomic mass is 79.9. The maximum atomic E-state index is 12.9.